The molecule has 1 aromatic carbocycles. The SMILES string of the molecule is CC(C)(C)OC(=O)N(C[C@H]1C[C@H](n2cc(-c3cnc4ccc(Br)cc4n3)c(C3CC3)n2)C1)C(=O)OC(C)(C)C. The summed E-state index contributed by atoms with van der Waals surface area (Å²) in [6.07, 6.45) is 6.40. The Labute approximate surface area is 237 Å². The highest BCUT2D eigenvalue weighted by molar-refractivity contribution is 9.10. The second-order valence-electron chi connectivity index (χ2n) is 12.6. The first-order chi connectivity index (χ1) is 18.3. The van der Waals surface area contributed by atoms with Gasteiger partial charge in [-0.3, -0.25) is 9.67 Å². The molecular formula is C29H36BrN5O4. The van der Waals surface area contributed by atoms with Gasteiger partial charge in [0.15, 0.2) is 0 Å². The topological polar surface area (TPSA) is 99.4 Å². The molecule has 0 N–H and O–H groups in total. The zero-order valence-electron chi connectivity index (χ0n) is 23.4. The Balaban J connectivity index is 1.31. The summed E-state index contributed by atoms with van der Waals surface area (Å²) in [5.41, 5.74) is 3.18. The van der Waals surface area contributed by atoms with Gasteiger partial charge in [0.2, 0.25) is 0 Å². The number of hydrogen-bond donors (Lipinski definition) is 0. The average molecular weight is 599 g/mol. The molecule has 2 heterocycles. The molecule has 0 saturated heterocycles. The molecule has 2 amide bonds. The van der Waals surface area contributed by atoms with Crippen molar-refractivity contribution in [3.8, 4) is 11.3 Å². The fourth-order valence-corrected chi connectivity index (χ4v) is 5.09. The van der Waals surface area contributed by atoms with E-state index in [-0.39, 0.29) is 18.5 Å². The maximum Gasteiger partial charge on any atom is 0.419 e. The highest BCUT2D eigenvalue weighted by Crippen LogP contribution is 2.45. The van der Waals surface area contributed by atoms with E-state index < -0.39 is 23.4 Å². The third-order valence-electron chi connectivity index (χ3n) is 6.76. The van der Waals surface area contributed by atoms with Crippen molar-refractivity contribution in [3.05, 3.63) is 40.8 Å². The van der Waals surface area contributed by atoms with Crippen LogP contribution in [0.25, 0.3) is 22.3 Å². The van der Waals surface area contributed by atoms with Gasteiger partial charge in [-0.25, -0.2) is 19.5 Å². The maximum absolute atomic E-state index is 12.9. The number of benzene rings is 1. The molecule has 2 aromatic heterocycles. The summed E-state index contributed by atoms with van der Waals surface area (Å²) in [5, 5.41) is 4.99. The van der Waals surface area contributed by atoms with Crippen LogP contribution in [-0.4, -0.2) is 54.6 Å². The van der Waals surface area contributed by atoms with E-state index in [4.69, 9.17) is 19.6 Å². The van der Waals surface area contributed by atoms with Crippen molar-refractivity contribution >= 4 is 39.1 Å². The van der Waals surface area contributed by atoms with Gasteiger partial charge in [-0.1, -0.05) is 15.9 Å². The largest absolute Gasteiger partial charge is 0.443 e. The molecule has 0 bridgehead atoms. The van der Waals surface area contributed by atoms with Crippen LogP contribution in [0.2, 0.25) is 0 Å². The van der Waals surface area contributed by atoms with Crippen molar-refractivity contribution in [2.24, 2.45) is 5.92 Å². The summed E-state index contributed by atoms with van der Waals surface area (Å²) < 4.78 is 14.0. The Morgan fingerprint density at radius 2 is 1.67 bits per heavy atom. The Kier molecular flexibility index (Phi) is 7.20. The van der Waals surface area contributed by atoms with E-state index >= 15 is 0 Å². The third-order valence-corrected chi connectivity index (χ3v) is 7.25. The Morgan fingerprint density at radius 3 is 2.26 bits per heavy atom. The lowest BCUT2D eigenvalue weighted by Gasteiger charge is -2.38. The molecule has 10 heteroatoms. The van der Waals surface area contributed by atoms with E-state index in [0.717, 1.165) is 63.0 Å². The zero-order chi connectivity index (χ0) is 28.1. The molecule has 0 aliphatic heterocycles. The molecule has 5 rings (SSSR count). The predicted octanol–water partition coefficient (Wildman–Crippen LogP) is 7.26. The van der Waals surface area contributed by atoms with E-state index in [0.29, 0.717) is 5.92 Å². The number of halogens is 1. The summed E-state index contributed by atoms with van der Waals surface area (Å²) in [6.45, 7) is 10.9. The number of fused-ring (bicyclic) bond motifs is 1. The molecule has 0 spiro atoms. The molecule has 3 aromatic rings. The van der Waals surface area contributed by atoms with Gasteiger partial charge in [-0.2, -0.15) is 5.10 Å². The lowest BCUT2D eigenvalue weighted by atomic mass is 9.80. The van der Waals surface area contributed by atoms with Gasteiger partial charge >= 0.3 is 12.2 Å². The second-order valence-corrected chi connectivity index (χ2v) is 13.5. The molecule has 208 valence electrons. The van der Waals surface area contributed by atoms with Crippen molar-refractivity contribution in [2.75, 3.05) is 6.54 Å². The van der Waals surface area contributed by atoms with Crippen molar-refractivity contribution in [1.82, 2.24) is 24.6 Å². The number of imide groups is 1. The van der Waals surface area contributed by atoms with Gasteiger partial charge in [0, 0.05) is 28.7 Å². The van der Waals surface area contributed by atoms with Crippen LogP contribution in [0.1, 0.15) is 84.9 Å². The summed E-state index contributed by atoms with van der Waals surface area (Å²) >= 11 is 3.52. The van der Waals surface area contributed by atoms with Crippen LogP contribution in [0.4, 0.5) is 9.59 Å². The van der Waals surface area contributed by atoms with Gasteiger partial charge in [0.05, 0.1) is 34.7 Å². The molecule has 2 fully saturated rings. The predicted molar refractivity (Wildman–Crippen MR) is 151 cm³/mol. The summed E-state index contributed by atoms with van der Waals surface area (Å²) in [4.78, 5) is 36.4. The number of carbonyl (C=O) groups excluding carboxylic acids is 2. The van der Waals surface area contributed by atoms with Crippen LogP contribution in [0, 0.1) is 5.92 Å². The fourth-order valence-electron chi connectivity index (χ4n) is 4.74. The van der Waals surface area contributed by atoms with Crippen LogP contribution in [0.3, 0.4) is 0 Å². The normalized spacial score (nSPS) is 19.5. The van der Waals surface area contributed by atoms with Gasteiger partial charge in [-0.15, -0.1) is 0 Å². The number of carbonyl (C=O) groups is 2. The fraction of sp³-hybridized carbons (Fsp3) is 0.552. The van der Waals surface area contributed by atoms with E-state index in [1.807, 2.05) is 29.1 Å². The lowest BCUT2D eigenvalue weighted by molar-refractivity contribution is -0.00641. The van der Waals surface area contributed by atoms with Crippen LogP contribution < -0.4 is 0 Å². The van der Waals surface area contributed by atoms with E-state index in [1.165, 1.54) is 0 Å². The Bertz CT molecular complexity index is 1370. The maximum atomic E-state index is 12.9. The molecule has 2 aliphatic carbocycles. The Morgan fingerprint density at radius 1 is 1.03 bits per heavy atom. The number of rotatable bonds is 5. The highest BCUT2D eigenvalue weighted by atomic mass is 79.9. The lowest BCUT2D eigenvalue weighted by Crippen LogP contribution is -2.47. The van der Waals surface area contributed by atoms with Crippen molar-refractivity contribution in [3.63, 3.8) is 0 Å². The van der Waals surface area contributed by atoms with E-state index in [1.54, 1.807) is 41.5 Å². The first-order valence-corrected chi connectivity index (χ1v) is 14.3. The van der Waals surface area contributed by atoms with Crippen LogP contribution in [-0.2, 0) is 9.47 Å². The number of ether oxygens (including phenoxy) is 2. The van der Waals surface area contributed by atoms with Crippen molar-refractivity contribution < 1.29 is 19.1 Å². The number of aromatic nitrogens is 4. The molecule has 0 unspecified atom stereocenters. The number of hydrogen-bond acceptors (Lipinski definition) is 7. The van der Waals surface area contributed by atoms with E-state index in [2.05, 4.69) is 27.1 Å². The van der Waals surface area contributed by atoms with Gasteiger partial charge in [0.25, 0.3) is 0 Å². The minimum absolute atomic E-state index is 0.130. The Hall–Kier alpha value is -3.01. The highest BCUT2D eigenvalue weighted by Gasteiger charge is 2.39. The van der Waals surface area contributed by atoms with E-state index in [9.17, 15) is 9.59 Å². The average Bonchev–Trinajstić information content (AvgIpc) is 3.54. The summed E-state index contributed by atoms with van der Waals surface area (Å²) in [5.74, 6) is 0.580. The quantitative estimate of drug-likeness (QED) is 0.305. The van der Waals surface area contributed by atoms with Crippen molar-refractivity contribution in [2.45, 2.75) is 90.4 Å². The van der Waals surface area contributed by atoms with Gasteiger partial charge < -0.3 is 9.47 Å². The number of nitrogens with zero attached hydrogens (tertiary/aromatic N) is 5. The first-order valence-electron chi connectivity index (χ1n) is 13.5. The van der Waals surface area contributed by atoms with Gasteiger partial charge in [0.1, 0.15) is 11.2 Å². The summed E-state index contributed by atoms with van der Waals surface area (Å²) in [6, 6.07) is 6.07. The third kappa shape index (κ3) is 6.59. The standard InChI is InChI=1S/C29H36BrN5O4/c1-28(2,3)38-26(36)34(27(37)39-29(4,5)6)15-17-11-20(12-17)35-16-21(25(33-35)18-7-8-18)24-14-31-22-10-9-19(30)13-23(22)32-24/h9-10,13-14,16-18,20H,7-8,11-12,15H2,1-6H3/t17-,20-. The molecule has 9 nitrogen and oxygen atoms in total. The van der Waals surface area contributed by atoms with Crippen LogP contribution in [0.5, 0.6) is 0 Å². The second kappa shape index (κ2) is 10.2. The van der Waals surface area contributed by atoms with Gasteiger partial charge in [-0.05, 0) is 91.3 Å². The molecule has 0 radical (unpaired) electrons. The minimum Gasteiger partial charge on any atom is -0.443 e. The smallest absolute Gasteiger partial charge is 0.419 e. The first kappa shape index (κ1) is 27.6. The molecule has 2 aliphatic rings. The summed E-state index contributed by atoms with van der Waals surface area (Å²) in [7, 11) is 0. The minimum atomic E-state index is -0.716. The monoisotopic (exact) mass is 597 g/mol. The zero-order valence-corrected chi connectivity index (χ0v) is 25.0. The van der Waals surface area contributed by atoms with Crippen LogP contribution >= 0.6 is 15.9 Å². The molecule has 39 heavy (non-hydrogen) atoms. The molecule has 2 saturated carbocycles. The van der Waals surface area contributed by atoms with Crippen LogP contribution in [0.15, 0.2) is 35.1 Å². The molecule has 0 atom stereocenters. The number of amides is 2. The molecular weight excluding hydrogens is 562 g/mol. The van der Waals surface area contributed by atoms with Crippen molar-refractivity contribution in [1.29, 1.82) is 0 Å².